The van der Waals surface area contributed by atoms with Crippen molar-refractivity contribution < 1.29 is 14.3 Å². The van der Waals surface area contributed by atoms with Crippen molar-refractivity contribution >= 4 is 11.8 Å². The molecule has 0 unspecified atom stereocenters. The van der Waals surface area contributed by atoms with Crippen molar-refractivity contribution in [2.24, 2.45) is 0 Å². The van der Waals surface area contributed by atoms with E-state index in [4.69, 9.17) is 0 Å². The van der Waals surface area contributed by atoms with Gasteiger partial charge in [-0.3, -0.25) is 9.59 Å². The number of esters is 1. The lowest BCUT2D eigenvalue weighted by Crippen LogP contribution is -2.07. The molecular weight excluding hydrogens is 218 g/mol. The van der Waals surface area contributed by atoms with Crippen molar-refractivity contribution in [1.82, 2.24) is 5.32 Å². The molecule has 4 heteroatoms. The Morgan fingerprint density at radius 1 is 1.18 bits per heavy atom. The van der Waals surface area contributed by atoms with Gasteiger partial charge in [-0.05, 0) is 12.6 Å². The molecule has 0 aliphatic heterocycles. The lowest BCUT2D eigenvalue weighted by molar-refractivity contribution is -0.140. The molecule has 0 amide bonds. The number of ketones is 1. The Balaban J connectivity index is 2.54. The molecule has 0 saturated carbocycles. The van der Waals surface area contributed by atoms with E-state index >= 15 is 0 Å². The van der Waals surface area contributed by atoms with Crippen LogP contribution in [0.1, 0.15) is 28.8 Å². The highest BCUT2D eigenvalue weighted by Gasteiger charge is 2.09. The van der Waals surface area contributed by atoms with Gasteiger partial charge in [0.1, 0.15) is 0 Å². The third-order valence-corrected chi connectivity index (χ3v) is 2.44. The summed E-state index contributed by atoms with van der Waals surface area (Å²) < 4.78 is 4.49. The Kier molecular flexibility index (Phi) is 5.36. The molecule has 0 aliphatic rings. The number of nitrogens with one attached hydrogen (secondary N) is 1. The van der Waals surface area contributed by atoms with Crippen LogP contribution in [0.15, 0.2) is 24.3 Å². The maximum Gasteiger partial charge on any atom is 0.305 e. The third-order valence-electron chi connectivity index (χ3n) is 2.44. The molecule has 92 valence electrons. The quantitative estimate of drug-likeness (QED) is 0.600. The summed E-state index contributed by atoms with van der Waals surface area (Å²) in [6.07, 6.45) is 0.325. The largest absolute Gasteiger partial charge is 0.469 e. The molecule has 0 aliphatic carbocycles. The summed E-state index contributed by atoms with van der Waals surface area (Å²) in [5, 5.41) is 3.03. The number of Topliss-reactive ketones (excluding diaryl/α,β-unsaturated/α-hetero) is 1. The summed E-state index contributed by atoms with van der Waals surface area (Å²) in [7, 11) is 3.19. The highest BCUT2D eigenvalue weighted by atomic mass is 16.5. The number of rotatable bonds is 6. The van der Waals surface area contributed by atoms with Crippen LogP contribution in [-0.4, -0.2) is 25.9 Å². The second kappa shape index (κ2) is 6.81. The van der Waals surface area contributed by atoms with Crippen molar-refractivity contribution in [3.05, 3.63) is 35.4 Å². The first-order valence-corrected chi connectivity index (χ1v) is 5.51. The molecule has 17 heavy (non-hydrogen) atoms. The van der Waals surface area contributed by atoms with E-state index in [1.54, 1.807) is 12.1 Å². The standard InChI is InChI=1S/C13H17NO3/c1-14-9-10-3-5-11(6-4-10)12(15)7-8-13(16)17-2/h3-6,14H,7-9H2,1-2H3. The van der Waals surface area contributed by atoms with Crippen molar-refractivity contribution in [2.75, 3.05) is 14.2 Å². The molecule has 1 N–H and O–H groups in total. The Morgan fingerprint density at radius 3 is 2.35 bits per heavy atom. The smallest absolute Gasteiger partial charge is 0.305 e. The predicted octanol–water partition coefficient (Wildman–Crippen LogP) is 1.54. The summed E-state index contributed by atoms with van der Waals surface area (Å²) in [4.78, 5) is 22.6. The van der Waals surface area contributed by atoms with Crippen LogP contribution < -0.4 is 5.32 Å². The van der Waals surface area contributed by atoms with Gasteiger partial charge in [-0.15, -0.1) is 0 Å². The molecule has 0 fully saturated rings. The second-order valence-corrected chi connectivity index (χ2v) is 3.73. The van der Waals surface area contributed by atoms with E-state index in [2.05, 4.69) is 10.1 Å². The van der Waals surface area contributed by atoms with Crippen molar-refractivity contribution in [3.8, 4) is 0 Å². The number of methoxy groups -OCH3 is 1. The van der Waals surface area contributed by atoms with E-state index in [1.807, 2.05) is 19.2 Å². The summed E-state index contributed by atoms with van der Waals surface area (Å²) in [5.41, 5.74) is 1.76. The first kappa shape index (κ1) is 13.4. The number of hydrogen-bond acceptors (Lipinski definition) is 4. The van der Waals surface area contributed by atoms with Crippen LogP contribution in [-0.2, 0) is 16.1 Å². The van der Waals surface area contributed by atoms with Gasteiger partial charge in [0.05, 0.1) is 13.5 Å². The van der Waals surface area contributed by atoms with Crippen LogP contribution >= 0.6 is 0 Å². The zero-order valence-electron chi connectivity index (χ0n) is 10.2. The van der Waals surface area contributed by atoms with Gasteiger partial charge < -0.3 is 10.1 Å². The van der Waals surface area contributed by atoms with E-state index < -0.39 is 0 Å². The molecule has 0 atom stereocenters. The molecule has 0 aromatic heterocycles. The fraction of sp³-hybridized carbons (Fsp3) is 0.385. The molecule has 0 spiro atoms. The number of hydrogen-bond donors (Lipinski definition) is 1. The van der Waals surface area contributed by atoms with E-state index in [0.717, 1.165) is 12.1 Å². The van der Waals surface area contributed by atoms with Gasteiger partial charge in [0.25, 0.3) is 0 Å². The van der Waals surface area contributed by atoms with Crippen LogP contribution in [0, 0.1) is 0 Å². The van der Waals surface area contributed by atoms with Crippen LogP contribution in [0.2, 0.25) is 0 Å². The Hall–Kier alpha value is -1.68. The fourth-order valence-electron chi connectivity index (χ4n) is 1.47. The van der Waals surface area contributed by atoms with Gasteiger partial charge >= 0.3 is 5.97 Å². The predicted molar refractivity (Wildman–Crippen MR) is 64.8 cm³/mol. The van der Waals surface area contributed by atoms with Crippen molar-refractivity contribution in [2.45, 2.75) is 19.4 Å². The number of carbonyl (C=O) groups is 2. The maximum absolute atomic E-state index is 11.7. The summed E-state index contributed by atoms with van der Waals surface area (Å²) in [6, 6.07) is 7.38. The maximum atomic E-state index is 11.7. The highest BCUT2D eigenvalue weighted by Crippen LogP contribution is 2.08. The molecule has 1 rings (SSSR count). The molecule has 1 aromatic rings. The van der Waals surface area contributed by atoms with E-state index in [-0.39, 0.29) is 24.6 Å². The van der Waals surface area contributed by atoms with Gasteiger partial charge in [-0.2, -0.15) is 0 Å². The van der Waals surface area contributed by atoms with Crippen LogP contribution in [0.5, 0.6) is 0 Å². The first-order chi connectivity index (χ1) is 8.17. The lowest BCUT2D eigenvalue weighted by Gasteiger charge is -2.03. The zero-order valence-corrected chi connectivity index (χ0v) is 10.2. The molecular formula is C13H17NO3. The molecule has 0 saturated heterocycles. The van der Waals surface area contributed by atoms with Gasteiger partial charge in [-0.1, -0.05) is 24.3 Å². The minimum atomic E-state index is -0.356. The normalized spacial score (nSPS) is 10.0. The first-order valence-electron chi connectivity index (χ1n) is 5.51. The van der Waals surface area contributed by atoms with Crippen molar-refractivity contribution in [3.63, 3.8) is 0 Å². The minimum absolute atomic E-state index is 0.0357. The van der Waals surface area contributed by atoms with Crippen LogP contribution in [0.3, 0.4) is 0 Å². The highest BCUT2D eigenvalue weighted by molar-refractivity contribution is 5.97. The molecule has 0 heterocycles. The van der Waals surface area contributed by atoms with Gasteiger partial charge in [0, 0.05) is 18.5 Å². The number of carbonyl (C=O) groups excluding carboxylic acids is 2. The Bertz CT molecular complexity index is 384. The van der Waals surface area contributed by atoms with Crippen LogP contribution in [0.4, 0.5) is 0 Å². The van der Waals surface area contributed by atoms with Gasteiger partial charge in [-0.25, -0.2) is 0 Å². The van der Waals surface area contributed by atoms with Crippen molar-refractivity contribution in [1.29, 1.82) is 0 Å². The monoisotopic (exact) mass is 235 g/mol. The zero-order chi connectivity index (χ0) is 12.7. The number of benzene rings is 1. The van der Waals surface area contributed by atoms with E-state index in [9.17, 15) is 9.59 Å². The average molecular weight is 235 g/mol. The fourth-order valence-corrected chi connectivity index (χ4v) is 1.47. The molecule has 0 radical (unpaired) electrons. The molecule has 0 bridgehead atoms. The molecule has 1 aromatic carbocycles. The van der Waals surface area contributed by atoms with Gasteiger partial charge in [0.15, 0.2) is 5.78 Å². The van der Waals surface area contributed by atoms with Crippen LogP contribution in [0.25, 0.3) is 0 Å². The summed E-state index contributed by atoms with van der Waals surface area (Å²) in [6.45, 7) is 0.774. The second-order valence-electron chi connectivity index (χ2n) is 3.73. The SMILES string of the molecule is CNCc1ccc(C(=O)CCC(=O)OC)cc1. The summed E-state index contributed by atoms with van der Waals surface area (Å²) >= 11 is 0. The van der Waals surface area contributed by atoms with Gasteiger partial charge in [0.2, 0.25) is 0 Å². The third kappa shape index (κ3) is 4.36. The minimum Gasteiger partial charge on any atom is -0.469 e. The molecule has 4 nitrogen and oxygen atoms in total. The van der Waals surface area contributed by atoms with E-state index in [1.165, 1.54) is 7.11 Å². The lowest BCUT2D eigenvalue weighted by atomic mass is 10.0. The van der Waals surface area contributed by atoms with E-state index in [0.29, 0.717) is 5.56 Å². The Morgan fingerprint density at radius 2 is 1.82 bits per heavy atom. The number of ether oxygens (including phenoxy) is 1. The Labute approximate surface area is 101 Å². The average Bonchev–Trinajstić information content (AvgIpc) is 2.36. The summed E-state index contributed by atoms with van der Waals surface area (Å²) in [5.74, 6) is -0.392. The topological polar surface area (TPSA) is 55.4 Å².